The third kappa shape index (κ3) is 3.14. The molecule has 1 saturated heterocycles. The van der Waals surface area contributed by atoms with Crippen molar-refractivity contribution in [3.63, 3.8) is 0 Å². The second kappa shape index (κ2) is 3.87. The van der Waals surface area contributed by atoms with E-state index in [0.29, 0.717) is 13.2 Å². The molecule has 1 atom stereocenters. The Labute approximate surface area is 77.6 Å². The smallest absolute Gasteiger partial charge is 0.227 e. The van der Waals surface area contributed by atoms with Crippen molar-refractivity contribution in [3.05, 3.63) is 0 Å². The molecule has 1 fully saturated rings. The summed E-state index contributed by atoms with van der Waals surface area (Å²) in [6.45, 7) is 4.55. The maximum atomic E-state index is 11.2. The van der Waals surface area contributed by atoms with Crippen LogP contribution in [0.3, 0.4) is 0 Å². The fraction of sp³-hybridized carbons (Fsp3) is 0.778. The van der Waals surface area contributed by atoms with Crippen LogP contribution in [0.4, 0.5) is 0 Å². The lowest BCUT2D eigenvalue weighted by atomic mass is 10.0. The molecule has 4 nitrogen and oxygen atoms in total. The highest BCUT2D eigenvalue weighted by Crippen LogP contribution is 2.17. The van der Waals surface area contributed by atoms with Crippen molar-refractivity contribution in [1.29, 1.82) is 0 Å². The van der Waals surface area contributed by atoms with Gasteiger partial charge in [-0.2, -0.15) is 0 Å². The van der Waals surface area contributed by atoms with Crippen molar-refractivity contribution in [1.82, 2.24) is 5.32 Å². The number of carbonyl (C=O) groups is 2. The van der Waals surface area contributed by atoms with Gasteiger partial charge in [-0.15, -0.1) is 0 Å². The molecule has 0 aromatic heterocycles. The fourth-order valence-corrected chi connectivity index (χ4v) is 1.37. The number of nitrogens with one attached hydrogen (secondary N) is 1. The first-order chi connectivity index (χ1) is 6.02. The molecule has 13 heavy (non-hydrogen) atoms. The van der Waals surface area contributed by atoms with Crippen LogP contribution in [0, 0.1) is 0 Å². The Morgan fingerprint density at radius 3 is 2.69 bits per heavy atom. The van der Waals surface area contributed by atoms with Gasteiger partial charge in [0.25, 0.3) is 0 Å². The van der Waals surface area contributed by atoms with Crippen molar-refractivity contribution in [3.8, 4) is 0 Å². The van der Waals surface area contributed by atoms with Gasteiger partial charge in [0.2, 0.25) is 5.91 Å². The lowest BCUT2D eigenvalue weighted by Gasteiger charge is -2.23. The van der Waals surface area contributed by atoms with E-state index in [-0.39, 0.29) is 23.7 Å². The number of carbonyl (C=O) groups excluding carboxylic acids is 2. The number of hydrogen-bond donors (Lipinski definition) is 1. The van der Waals surface area contributed by atoms with E-state index in [0.717, 1.165) is 6.42 Å². The summed E-state index contributed by atoms with van der Waals surface area (Å²) in [5.74, 6) is -0.319. The Kier molecular flexibility index (Phi) is 3.03. The largest absolute Gasteiger partial charge is 0.379 e. The quantitative estimate of drug-likeness (QED) is 0.642. The maximum Gasteiger partial charge on any atom is 0.227 e. The standard InChI is InChI=1S/C9H15NO3/c1-7(11)5-8(12)10-9(2)3-4-13-6-9/h3-6H2,1-2H3,(H,10,12). The number of hydrogen-bond acceptors (Lipinski definition) is 3. The van der Waals surface area contributed by atoms with E-state index in [4.69, 9.17) is 4.74 Å². The summed E-state index contributed by atoms with van der Waals surface area (Å²) in [7, 11) is 0. The minimum absolute atomic E-state index is 0.0322. The van der Waals surface area contributed by atoms with Gasteiger partial charge in [0.15, 0.2) is 0 Å². The average Bonchev–Trinajstić information content (AvgIpc) is 2.33. The van der Waals surface area contributed by atoms with Crippen molar-refractivity contribution < 1.29 is 14.3 Å². The fourth-order valence-electron chi connectivity index (χ4n) is 1.37. The van der Waals surface area contributed by atoms with Crippen molar-refractivity contribution in [2.24, 2.45) is 0 Å². The summed E-state index contributed by atoms with van der Waals surface area (Å²) >= 11 is 0. The lowest BCUT2D eigenvalue weighted by Crippen LogP contribution is -2.46. The van der Waals surface area contributed by atoms with E-state index < -0.39 is 0 Å². The van der Waals surface area contributed by atoms with Gasteiger partial charge in [0, 0.05) is 6.61 Å². The van der Waals surface area contributed by atoms with Crippen molar-refractivity contribution >= 4 is 11.7 Å². The number of ether oxygens (including phenoxy) is 1. The summed E-state index contributed by atoms with van der Waals surface area (Å²) in [5.41, 5.74) is -0.271. The summed E-state index contributed by atoms with van der Waals surface area (Å²) in [4.78, 5) is 21.9. The second-order valence-corrected chi connectivity index (χ2v) is 3.79. The summed E-state index contributed by atoms with van der Waals surface area (Å²) in [6.07, 6.45) is 0.784. The van der Waals surface area contributed by atoms with E-state index >= 15 is 0 Å². The van der Waals surface area contributed by atoms with Crippen LogP contribution in [-0.2, 0) is 14.3 Å². The topological polar surface area (TPSA) is 55.4 Å². The molecule has 1 aliphatic heterocycles. The highest BCUT2D eigenvalue weighted by atomic mass is 16.5. The summed E-state index contributed by atoms with van der Waals surface area (Å²) < 4.78 is 5.17. The molecule has 1 rings (SSSR count). The van der Waals surface area contributed by atoms with E-state index in [1.807, 2.05) is 6.92 Å². The molecule has 1 N–H and O–H groups in total. The van der Waals surface area contributed by atoms with Gasteiger partial charge in [-0.1, -0.05) is 0 Å². The molecule has 0 saturated carbocycles. The molecule has 1 aliphatic rings. The van der Waals surface area contributed by atoms with E-state index in [1.165, 1.54) is 6.92 Å². The van der Waals surface area contributed by atoms with Gasteiger partial charge in [0.05, 0.1) is 18.6 Å². The van der Waals surface area contributed by atoms with Crippen LogP contribution < -0.4 is 5.32 Å². The first kappa shape index (κ1) is 10.2. The monoisotopic (exact) mass is 185 g/mol. The van der Waals surface area contributed by atoms with Gasteiger partial charge in [-0.25, -0.2) is 0 Å². The molecule has 0 bridgehead atoms. The van der Waals surface area contributed by atoms with Crippen LogP contribution in [0.15, 0.2) is 0 Å². The minimum Gasteiger partial charge on any atom is -0.379 e. The Morgan fingerprint density at radius 1 is 1.54 bits per heavy atom. The highest BCUT2D eigenvalue weighted by Gasteiger charge is 2.31. The third-order valence-electron chi connectivity index (χ3n) is 2.07. The zero-order chi connectivity index (χ0) is 9.90. The van der Waals surface area contributed by atoms with Crippen LogP contribution in [0.25, 0.3) is 0 Å². The van der Waals surface area contributed by atoms with Crippen LogP contribution in [0.2, 0.25) is 0 Å². The predicted molar refractivity (Wildman–Crippen MR) is 47.3 cm³/mol. The van der Waals surface area contributed by atoms with Crippen LogP contribution in [0.1, 0.15) is 26.7 Å². The molecule has 1 unspecified atom stereocenters. The number of ketones is 1. The molecular formula is C9H15NO3. The van der Waals surface area contributed by atoms with Gasteiger partial charge >= 0.3 is 0 Å². The Morgan fingerprint density at radius 2 is 2.23 bits per heavy atom. The molecule has 0 aliphatic carbocycles. The van der Waals surface area contributed by atoms with Gasteiger partial charge in [-0.3, -0.25) is 9.59 Å². The second-order valence-electron chi connectivity index (χ2n) is 3.79. The predicted octanol–water partition coefficient (Wildman–Crippen LogP) is 0.261. The van der Waals surface area contributed by atoms with Gasteiger partial charge in [-0.05, 0) is 20.3 Å². The van der Waals surface area contributed by atoms with Crippen LogP contribution in [0.5, 0.6) is 0 Å². The highest BCUT2D eigenvalue weighted by molar-refractivity contribution is 5.97. The molecule has 0 aromatic carbocycles. The maximum absolute atomic E-state index is 11.2. The average molecular weight is 185 g/mol. The third-order valence-corrected chi connectivity index (χ3v) is 2.07. The van der Waals surface area contributed by atoms with E-state index in [1.54, 1.807) is 0 Å². The SMILES string of the molecule is CC(=O)CC(=O)NC1(C)CCOC1. The normalized spacial score (nSPS) is 27.2. The Balaban J connectivity index is 2.38. The molecule has 74 valence electrons. The van der Waals surface area contributed by atoms with Gasteiger partial charge < -0.3 is 10.1 Å². The number of rotatable bonds is 3. The molecule has 0 spiro atoms. The van der Waals surface area contributed by atoms with Crippen LogP contribution in [-0.4, -0.2) is 30.4 Å². The van der Waals surface area contributed by atoms with Crippen LogP contribution >= 0.6 is 0 Å². The number of amides is 1. The zero-order valence-corrected chi connectivity index (χ0v) is 8.05. The first-order valence-corrected chi connectivity index (χ1v) is 4.40. The lowest BCUT2D eigenvalue weighted by molar-refractivity contribution is -0.128. The van der Waals surface area contributed by atoms with E-state index in [2.05, 4.69) is 5.32 Å². The minimum atomic E-state index is -0.271. The molecule has 0 radical (unpaired) electrons. The molecule has 1 heterocycles. The zero-order valence-electron chi connectivity index (χ0n) is 8.05. The summed E-state index contributed by atoms with van der Waals surface area (Å²) in [5, 5.41) is 2.80. The molecular weight excluding hydrogens is 170 g/mol. The van der Waals surface area contributed by atoms with Crippen molar-refractivity contribution in [2.45, 2.75) is 32.2 Å². The van der Waals surface area contributed by atoms with E-state index in [9.17, 15) is 9.59 Å². The van der Waals surface area contributed by atoms with Crippen molar-refractivity contribution in [2.75, 3.05) is 13.2 Å². The van der Waals surface area contributed by atoms with Gasteiger partial charge in [0.1, 0.15) is 5.78 Å². The molecule has 4 heteroatoms. The number of Topliss-reactive ketones (excluding diaryl/α,β-unsaturated/α-hetero) is 1. The first-order valence-electron chi connectivity index (χ1n) is 4.40. The Hall–Kier alpha value is -0.900. The molecule has 0 aromatic rings. The molecule has 1 amide bonds. The summed E-state index contributed by atoms with van der Waals surface area (Å²) in [6, 6.07) is 0. The Bertz CT molecular complexity index is 219.